The summed E-state index contributed by atoms with van der Waals surface area (Å²) in [6, 6.07) is 10.3. The molecule has 0 aromatic heterocycles. The number of aryl methyl sites for hydroxylation is 1. The Morgan fingerprint density at radius 2 is 1.82 bits per heavy atom. The molecule has 0 aliphatic carbocycles. The zero-order valence-electron chi connectivity index (χ0n) is 9.80. The van der Waals surface area contributed by atoms with Crippen molar-refractivity contribution in [3.05, 3.63) is 42.0 Å². The zero-order valence-corrected chi connectivity index (χ0v) is 13.7. The van der Waals surface area contributed by atoms with E-state index in [4.69, 9.17) is 0 Å². The molecule has 0 fully saturated rings. The molecule has 3 nitrogen and oxygen atoms in total. The first-order valence-corrected chi connectivity index (χ1v) is 6.41. The average Bonchev–Trinajstić information content (AvgIpc) is 2.26. The first-order chi connectivity index (χ1) is 7.52. The zero-order chi connectivity index (χ0) is 11.8. The molecule has 0 saturated carbocycles. The summed E-state index contributed by atoms with van der Waals surface area (Å²) in [5.41, 5.74) is 0.882. The molecule has 0 radical (unpaired) electrons. The van der Waals surface area contributed by atoms with Gasteiger partial charge in [-0.05, 0) is 34.9 Å². The fourth-order valence-electron chi connectivity index (χ4n) is 1.80. The molecule has 0 N–H and O–H groups in total. The summed E-state index contributed by atoms with van der Waals surface area (Å²) < 4.78 is 33.0. The van der Waals surface area contributed by atoms with Crippen LogP contribution in [0.1, 0.15) is 12.5 Å². The van der Waals surface area contributed by atoms with Gasteiger partial charge in [-0.3, -0.25) is 0 Å². The van der Waals surface area contributed by atoms with Crippen LogP contribution in [0.25, 0.3) is 10.8 Å². The van der Waals surface area contributed by atoms with E-state index in [0.29, 0.717) is 6.42 Å². The van der Waals surface area contributed by atoms with Gasteiger partial charge in [-0.1, -0.05) is 31.2 Å². The van der Waals surface area contributed by atoms with Crippen LogP contribution < -0.4 is 51.4 Å². The maximum absolute atomic E-state index is 11.0. The predicted molar refractivity (Wildman–Crippen MR) is 61.3 cm³/mol. The van der Waals surface area contributed by atoms with Crippen LogP contribution in [0.15, 0.2) is 41.3 Å². The summed E-state index contributed by atoms with van der Waals surface area (Å²) in [4.78, 5) is -0.150. The molecule has 0 atom stereocenters. The largest absolute Gasteiger partial charge is 1.00 e. The number of benzene rings is 2. The van der Waals surface area contributed by atoms with E-state index in [2.05, 4.69) is 0 Å². The maximum atomic E-state index is 11.0. The molecule has 0 bridgehead atoms. The van der Waals surface area contributed by atoms with E-state index in [9.17, 15) is 13.0 Å². The van der Waals surface area contributed by atoms with E-state index in [1.54, 1.807) is 0 Å². The second-order valence-corrected chi connectivity index (χ2v) is 4.99. The number of hydrogen-bond donors (Lipinski definition) is 0. The van der Waals surface area contributed by atoms with Gasteiger partial charge >= 0.3 is 51.4 Å². The quantitative estimate of drug-likeness (QED) is 0.538. The Balaban J connectivity index is 0.00000144. The van der Waals surface area contributed by atoms with Gasteiger partial charge in [0.25, 0.3) is 0 Å². The van der Waals surface area contributed by atoms with Crippen LogP contribution >= 0.6 is 0 Å². The fraction of sp³-hybridized carbons (Fsp3) is 0.167. The van der Waals surface area contributed by atoms with E-state index in [1.807, 2.05) is 31.2 Å². The van der Waals surface area contributed by atoms with Gasteiger partial charge < -0.3 is 4.55 Å². The van der Waals surface area contributed by atoms with Gasteiger partial charge in [0, 0.05) is 0 Å². The van der Waals surface area contributed by atoms with Crippen molar-refractivity contribution in [3.63, 3.8) is 0 Å². The average molecular weight is 274 g/mol. The maximum Gasteiger partial charge on any atom is 1.00 e. The van der Waals surface area contributed by atoms with Gasteiger partial charge in [0.05, 0.1) is 4.90 Å². The van der Waals surface area contributed by atoms with Crippen molar-refractivity contribution < 1.29 is 64.4 Å². The Bertz CT molecular complexity index is 635. The van der Waals surface area contributed by atoms with Crippen LogP contribution in [0.5, 0.6) is 0 Å². The van der Waals surface area contributed by atoms with Gasteiger partial charge in [0.1, 0.15) is 10.1 Å². The predicted octanol–water partition coefficient (Wildman–Crippen LogP) is -0.690. The summed E-state index contributed by atoms with van der Waals surface area (Å²) in [7, 11) is -4.38. The fourth-order valence-corrected chi connectivity index (χ4v) is 2.35. The van der Waals surface area contributed by atoms with E-state index in [1.165, 1.54) is 12.1 Å². The van der Waals surface area contributed by atoms with E-state index >= 15 is 0 Å². The molecule has 0 aliphatic heterocycles. The van der Waals surface area contributed by atoms with Crippen LogP contribution in [0, 0.1) is 0 Å². The Hall–Kier alpha value is 0.246. The summed E-state index contributed by atoms with van der Waals surface area (Å²) in [5, 5.41) is 1.79. The Morgan fingerprint density at radius 1 is 1.18 bits per heavy atom. The molecule has 0 heterocycles. The first-order valence-electron chi connectivity index (χ1n) is 5.00. The second-order valence-electron chi connectivity index (χ2n) is 3.61. The van der Waals surface area contributed by atoms with Crippen molar-refractivity contribution >= 4 is 20.9 Å². The van der Waals surface area contributed by atoms with E-state index in [0.717, 1.165) is 16.3 Å². The molecular weight excluding hydrogens is 263 g/mol. The Labute approximate surface area is 143 Å². The third kappa shape index (κ3) is 3.38. The molecule has 0 unspecified atom stereocenters. The van der Waals surface area contributed by atoms with Crippen molar-refractivity contribution in [1.82, 2.24) is 0 Å². The molecule has 0 aliphatic rings. The summed E-state index contributed by atoms with van der Waals surface area (Å²) in [5.74, 6) is 0. The molecule has 2 rings (SSSR count). The molecule has 0 amide bonds. The normalized spacial score (nSPS) is 11.2. The molecule has 0 spiro atoms. The molecule has 0 saturated heterocycles. The third-order valence-electron chi connectivity index (χ3n) is 2.59. The minimum absolute atomic E-state index is 0. The minimum atomic E-state index is -4.38. The Kier molecular flexibility index (Phi) is 5.33. The summed E-state index contributed by atoms with van der Waals surface area (Å²) in [6.45, 7) is 1.93. The molecule has 84 valence electrons. The third-order valence-corrected chi connectivity index (χ3v) is 3.40. The molecule has 5 heteroatoms. The van der Waals surface area contributed by atoms with Crippen LogP contribution in [0.4, 0.5) is 0 Å². The number of rotatable bonds is 2. The first kappa shape index (κ1) is 15.3. The molecule has 2 aromatic rings. The van der Waals surface area contributed by atoms with E-state index in [-0.39, 0.29) is 56.3 Å². The van der Waals surface area contributed by atoms with Crippen molar-refractivity contribution in [2.24, 2.45) is 0 Å². The van der Waals surface area contributed by atoms with Gasteiger partial charge in [0.2, 0.25) is 0 Å². The summed E-state index contributed by atoms with van der Waals surface area (Å²) in [6.07, 6.45) is 0.698. The van der Waals surface area contributed by atoms with Gasteiger partial charge in [-0.25, -0.2) is 8.42 Å². The summed E-state index contributed by atoms with van der Waals surface area (Å²) >= 11 is 0. The monoisotopic (exact) mass is 274 g/mol. The van der Waals surface area contributed by atoms with Crippen LogP contribution in [-0.2, 0) is 16.5 Å². The topological polar surface area (TPSA) is 57.2 Å². The van der Waals surface area contributed by atoms with Crippen LogP contribution in [0.3, 0.4) is 0 Å². The standard InChI is InChI=1S/C12H12O3S.K/c1-2-9-7-11(16(13,14)15)8-10-5-3-4-6-12(9)10;/h3-8H,2H2,1H3,(H,13,14,15);/q;+1/p-1. The van der Waals surface area contributed by atoms with Crippen molar-refractivity contribution in [1.29, 1.82) is 0 Å². The van der Waals surface area contributed by atoms with Crippen molar-refractivity contribution in [3.8, 4) is 0 Å². The Morgan fingerprint density at radius 3 is 2.41 bits per heavy atom. The number of hydrogen-bond acceptors (Lipinski definition) is 3. The van der Waals surface area contributed by atoms with Gasteiger partial charge in [0.15, 0.2) is 0 Å². The smallest absolute Gasteiger partial charge is 0.744 e. The second kappa shape index (κ2) is 5.93. The minimum Gasteiger partial charge on any atom is -0.744 e. The van der Waals surface area contributed by atoms with E-state index < -0.39 is 10.1 Å². The van der Waals surface area contributed by atoms with Gasteiger partial charge in [-0.2, -0.15) is 0 Å². The van der Waals surface area contributed by atoms with Crippen molar-refractivity contribution in [2.45, 2.75) is 18.2 Å². The molecule has 17 heavy (non-hydrogen) atoms. The molecular formula is C12H11KO3S. The molecule has 2 aromatic carbocycles. The van der Waals surface area contributed by atoms with Crippen molar-refractivity contribution in [2.75, 3.05) is 0 Å². The SMILES string of the molecule is CCc1cc(S(=O)(=O)[O-])cc2ccccc12.[K+]. The van der Waals surface area contributed by atoms with Gasteiger partial charge in [-0.15, -0.1) is 0 Å². The van der Waals surface area contributed by atoms with Crippen LogP contribution in [-0.4, -0.2) is 13.0 Å². The number of fused-ring (bicyclic) bond motifs is 1. The van der Waals surface area contributed by atoms with Crippen LogP contribution in [0.2, 0.25) is 0 Å².